The Hall–Kier alpha value is -0.610. The van der Waals surface area contributed by atoms with E-state index in [4.69, 9.17) is 5.73 Å². The number of piperidine rings is 2. The lowest BCUT2D eigenvalue weighted by molar-refractivity contribution is -0.132. The normalized spacial score (nSPS) is 23.3. The van der Waals surface area contributed by atoms with Gasteiger partial charge in [-0.05, 0) is 51.7 Å². The number of carbonyl (C=O) groups excluding carboxylic acids is 1. The molecule has 0 saturated carbocycles. The summed E-state index contributed by atoms with van der Waals surface area (Å²) in [4.78, 5) is 16.6. The van der Waals surface area contributed by atoms with Gasteiger partial charge in [-0.25, -0.2) is 0 Å². The molecule has 2 heterocycles. The highest BCUT2D eigenvalue weighted by Gasteiger charge is 2.27. The summed E-state index contributed by atoms with van der Waals surface area (Å²) < 4.78 is 0. The summed E-state index contributed by atoms with van der Waals surface area (Å²) >= 11 is 0. The molecule has 104 valence electrons. The third-order valence-electron chi connectivity index (χ3n) is 4.32. The van der Waals surface area contributed by atoms with Gasteiger partial charge < -0.3 is 15.5 Å². The van der Waals surface area contributed by atoms with Gasteiger partial charge in [-0.3, -0.25) is 4.79 Å². The van der Waals surface area contributed by atoms with E-state index < -0.39 is 0 Å². The number of nitrogens with two attached hydrogens (primary N) is 1. The van der Waals surface area contributed by atoms with E-state index in [2.05, 4.69) is 4.90 Å². The maximum absolute atomic E-state index is 11.9. The molecule has 2 rings (SSSR count). The van der Waals surface area contributed by atoms with Crippen LogP contribution in [0.1, 0.15) is 44.9 Å². The zero-order chi connectivity index (χ0) is 12.8. The molecule has 0 aliphatic carbocycles. The van der Waals surface area contributed by atoms with Crippen molar-refractivity contribution in [1.29, 1.82) is 0 Å². The van der Waals surface area contributed by atoms with Crippen LogP contribution < -0.4 is 5.73 Å². The van der Waals surface area contributed by atoms with Crippen molar-refractivity contribution in [2.24, 2.45) is 5.73 Å². The molecular weight excluding hydrogens is 226 g/mol. The highest BCUT2D eigenvalue weighted by Crippen LogP contribution is 2.21. The Morgan fingerprint density at radius 3 is 2.33 bits per heavy atom. The lowest BCUT2D eigenvalue weighted by atomic mass is 9.99. The average Bonchev–Trinajstić information content (AvgIpc) is 2.46. The second-order valence-electron chi connectivity index (χ2n) is 5.60. The van der Waals surface area contributed by atoms with E-state index in [1.807, 2.05) is 4.90 Å². The Morgan fingerprint density at radius 2 is 1.72 bits per heavy atom. The number of amides is 1. The molecule has 0 bridgehead atoms. The zero-order valence-electron chi connectivity index (χ0n) is 11.4. The van der Waals surface area contributed by atoms with Crippen molar-refractivity contribution in [2.75, 3.05) is 32.7 Å². The van der Waals surface area contributed by atoms with Crippen molar-refractivity contribution in [2.45, 2.75) is 51.0 Å². The fraction of sp³-hybridized carbons (Fsp3) is 0.929. The van der Waals surface area contributed by atoms with Gasteiger partial charge in [0.25, 0.3) is 0 Å². The summed E-state index contributed by atoms with van der Waals surface area (Å²) in [6.07, 6.45) is 7.89. The van der Waals surface area contributed by atoms with E-state index in [1.165, 1.54) is 32.4 Å². The van der Waals surface area contributed by atoms with Gasteiger partial charge in [0.1, 0.15) is 0 Å². The summed E-state index contributed by atoms with van der Waals surface area (Å²) in [6.45, 7) is 5.06. The Balaban J connectivity index is 1.71. The molecule has 0 aromatic heterocycles. The molecule has 0 aromatic carbocycles. The zero-order valence-corrected chi connectivity index (χ0v) is 11.4. The van der Waals surface area contributed by atoms with Gasteiger partial charge in [-0.15, -0.1) is 0 Å². The maximum atomic E-state index is 11.9. The maximum Gasteiger partial charge on any atom is 0.222 e. The van der Waals surface area contributed by atoms with Crippen molar-refractivity contribution in [3.8, 4) is 0 Å². The standard InChI is InChI=1S/C14H27N3O/c15-8-4-5-14(18)17-11-6-13(7-12-17)16-9-2-1-3-10-16/h13H,1-12,15H2. The van der Waals surface area contributed by atoms with Crippen molar-refractivity contribution in [3.05, 3.63) is 0 Å². The van der Waals surface area contributed by atoms with Crippen LogP contribution in [0.4, 0.5) is 0 Å². The van der Waals surface area contributed by atoms with Crippen molar-refractivity contribution < 1.29 is 4.79 Å². The van der Waals surface area contributed by atoms with Crippen LogP contribution in [0.15, 0.2) is 0 Å². The Labute approximate surface area is 110 Å². The van der Waals surface area contributed by atoms with Crippen LogP contribution in [0.5, 0.6) is 0 Å². The minimum absolute atomic E-state index is 0.303. The molecule has 2 saturated heterocycles. The topological polar surface area (TPSA) is 49.6 Å². The largest absolute Gasteiger partial charge is 0.343 e. The fourth-order valence-electron chi connectivity index (χ4n) is 3.18. The molecule has 2 N–H and O–H groups in total. The Morgan fingerprint density at radius 1 is 1.06 bits per heavy atom. The van der Waals surface area contributed by atoms with E-state index in [-0.39, 0.29) is 0 Å². The number of likely N-dealkylation sites (tertiary alicyclic amines) is 2. The van der Waals surface area contributed by atoms with Crippen LogP contribution in [0, 0.1) is 0 Å². The quantitative estimate of drug-likeness (QED) is 0.819. The van der Waals surface area contributed by atoms with E-state index in [9.17, 15) is 4.79 Å². The molecule has 0 aromatic rings. The first-order chi connectivity index (χ1) is 8.81. The smallest absolute Gasteiger partial charge is 0.222 e. The van der Waals surface area contributed by atoms with E-state index in [0.29, 0.717) is 18.9 Å². The number of hydrogen-bond acceptors (Lipinski definition) is 3. The van der Waals surface area contributed by atoms with Gasteiger partial charge in [0, 0.05) is 25.6 Å². The SMILES string of the molecule is NCCCC(=O)N1CCC(N2CCCCC2)CC1. The molecule has 18 heavy (non-hydrogen) atoms. The number of carbonyl (C=O) groups is 1. The molecule has 1 amide bonds. The lowest BCUT2D eigenvalue weighted by Crippen LogP contribution is -2.48. The molecule has 2 aliphatic heterocycles. The molecule has 4 nitrogen and oxygen atoms in total. The first-order valence-electron chi connectivity index (χ1n) is 7.53. The van der Waals surface area contributed by atoms with Crippen molar-refractivity contribution in [3.63, 3.8) is 0 Å². The molecular formula is C14H27N3O. The van der Waals surface area contributed by atoms with E-state index in [0.717, 1.165) is 38.4 Å². The highest BCUT2D eigenvalue weighted by atomic mass is 16.2. The molecule has 0 spiro atoms. The molecule has 2 aliphatic rings. The minimum Gasteiger partial charge on any atom is -0.343 e. The average molecular weight is 253 g/mol. The third kappa shape index (κ3) is 3.69. The second-order valence-corrected chi connectivity index (χ2v) is 5.60. The monoisotopic (exact) mass is 253 g/mol. The minimum atomic E-state index is 0.303. The molecule has 2 fully saturated rings. The molecule has 0 atom stereocenters. The van der Waals surface area contributed by atoms with E-state index in [1.54, 1.807) is 0 Å². The molecule has 4 heteroatoms. The van der Waals surface area contributed by atoms with Gasteiger partial charge in [-0.2, -0.15) is 0 Å². The summed E-state index contributed by atoms with van der Waals surface area (Å²) in [5.74, 6) is 0.303. The van der Waals surface area contributed by atoms with Gasteiger partial charge in [0.15, 0.2) is 0 Å². The van der Waals surface area contributed by atoms with Gasteiger partial charge in [-0.1, -0.05) is 6.42 Å². The van der Waals surface area contributed by atoms with Gasteiger partial charge in [0.2, 0.25) is 5.91 Å². The highest BCUT2D eigenvalue weighted by molar-refractivity contribution is 5.76. The number of nitrogens with zero attached hydrogens (tertiary/aromatic N) is 2. The van der Waals surface area contributed by atoms with Gasteiger partial charge in [0.05, 0.1) is 0 Å². The van der Waals surface area contributed by atoms with Crippen molar-refractivity contribution in [1.82, 2.24) is 9.80 Å². The van der Waals surface area contributed by atoms with Crippen LogP contribution >= 0.6 is 0 Å². The summed E-state index contributed by atoms with van der Waals surface area (Å²) in [5.41, 5.74) is 5.45. The summed E-state index contributed by atoms with van der Waals surface area (Å²) in [7, 11) is 0. The Kier molecular flexibility index (Phi) is 5.45. The van der Waals surface area contributed by atoms with Crippen LogP contribution in [0.25, 0.3) is 0 Å². The first kappa shape index (κ1) is 13.8. The van der Waals surface area contributed by atoms with Crippen molar-refractivity contribution >= 4 is 5.91 Å². The van der Waals surface area contributed by atoms with Crippen LogP contribution in [-0.2, 0) is 4.79 Å². The summed E-state index contributed by atoms with van der Waals surface area (Å²) in [6, 6.07) is 0.726. The third-order valence-corrected chi connectivity index (χ3v) is 4.32. The predicted molar refractivity (Wildman–Crippen MR) is 73.3 cm³/mol. The van der Waals surface area contributed by atoms with Gasteiger partial charge >= 0.3 is 0 Å². The van der Waals surface area contributed by atoms with Crippen LogP contribution in [-0.4, -0.2) is 54.5 Å². The number of rotatable bonds is 4. The molecule has 0 radical (unpaired) electrons. The molecule has 0 unspecified atom stereocenters. The lowest BCUT2D eigenvalue weighted by Gasteiger charge is -2.40. The number of hydrogen-bond donors (Lipinski definition) is 1. The second kappa shape index (κ2) is 7.10. The predicted octanol–water partition coefficient (Wildman–Crippen LogP) is 1.20. The van der Waals surface area contributed by atoms with Crippen LogP contribution in [0.3, 0.4) is 0 Å². The first-order valence-corrected chi connectivity index (χ1v) is 7.53. The fourth-order valence-corrected chi connectivity index (χ4v) is 3.18. The summed E-state index contributed by atoms with van der Waals surface area (Å²) in [5, 5.41) is 0. The van der Waals surface area contributed by atoms with Crippen LogP contribution in [0.2, 0.25) is 0 Å². The van der Waals surface area contributed by atoms with E-state index >= 15 is 0 Å². The Bertz CT molecular complexity index is 256.